The highest BCUT2D eigenvalue weighted by molar-refractivity contribution is 6.32. The molecule has 10 heteroatoms. The quantitative estimate of drug-likeness (QED) is 0.303. The maximum Gasteiger partial charge on any atom is 0.344 e. The molecule has 0 aliphatic heterocycles. The predicted octanol–water partition coefficient (Wildman–Crippen LogP) is 5.77. The minimum Gasteiger partial charge on any atom is -0.479 e. The van der Waals surface area contributed by atoms with E-state index in [1.807, 2.05) is 0 Å². The van der Waals surface area contributed by atoms with Gasteiger partial charge in [0, 0.05) is 17.1 Å². The number of rotatable bonds is 8. The molecule has 4 rings (SSSR count). The second kappa shape index (κ2) is 10.8. The van der Waals surface area contributed by atoms with Gasteiger partial charge in [-0.05, 0) is 48.9 Å². The van der Waals surface area contributed by atoms with Crippen LogP contribution in [0.4, 0.5) is 4.39 Å². The van der Waals surface area contributed by atoms with Crippen molar-refractivity contribution in [2.75, 3.05) is 0 Å². The van der Waals surface area contributed by atoms with E-state index in [0.717, 1.165) is 0 Å². The van der Waals surface area contributed by atoms with E-state index < -0.39 is 23.8 Å². The van der Waals surface area contributed by atoms with Gasteiger partial charge in [0.25, 0.3) is 5.91 Å². The number of amides is 1. The highest BCUT2D eigenvalue weighted by Crippen LogP contribution is 2.38. The maximum absolute atomic E-state index is 13.3. The number of nitrogens with zero attached hydrogens (tertiary/aromatic N) is 2. The molecule has 1 heterocycles. The molecule has 1 amide bonds. The van der Waals surface area contributed by atoms with Crippen LogP contribution in [0.1, 0.15) is 23.0 Å². The maximum atomic E-state index is 13.3. The Labute approximate surface area is 216 Å². The molecule has 36 heavy (non-hydrogen) atoms. The molecule has 0 radical (unpaired) electrons. The van der Waals surface area contributed by atoms with Crippen molar-refractivity contribution in [3.63, 3.8) is 0 Å². The van der Waals surface area contributed by atoms with Gasteiger partial charge in [-0.1, -0.05) is 59.6 Å². The molecular formula is C26H20Cl2FN3O4. The summed E-state index contributed by atoms with van der Waals surface area (Å²) < 4.78 is 20.5. The zero-order valence-electron chi connectivity index (χ0n) is 18.9. The van der Waals surface area contributed by atoms with Crippen molar-refractivity contribution in [3.8, 4) is 22.7 Å². The molecule has 0 fully saturated rings. The van der Waals surface area contributed by atoms with Crippen LogP contribution in [-0.2, 0) is 11.3 Å². The lowest BCUT2D eigenvalue weighted by atomic mass is 10.1. The number of halogens is 3. The Hall–Kier alpha value is -3.88. The summed E-state index contributed by atoms with van der Waals surface area (Å²) in [4.78, 5) is 24.9. The molecule has 0 bridgehead atoms. The smallest absolute Gasteiger partial charge is 0.344 e. The molecule has 1 atom stereocenters. The molecule has 0 aliphatic rings. The van der Waals surface area contributed by atoms with Crippen molar-refractivity contribution in [2.45, 2.75) is 19.6 Å². The largest absolute Gasteiger partial charge is 0.479 e. The third kappa shape index (κ3) is 5.50. The van der Waals surface area contributed by atoms with Gasteiger partial charge in [-0.15, -0.1) is 0 Å². The van der Waals surface area contributed by atoms with E-state index in [2.05, 4.69) is 10.4 Å². The fourth-order valence-corrected chi connectivity index (χ4v) is 3.76. The number of nitrogens with one attached hydrogen (secondary N) is 1. The van der Waals surface area contributed by atoms with Crippen LogP contribution in [0.3, 0.4) is 0 Å². The van der Waals surface area contributed by atoms with Crippen molar-refractivity contribution in [1.29, 1.82) is 0 Å². The molecule has 1 aromatic heterocycles. The summed E-state index contributed by atoms with van der Waals surface area (Å²) >= 11 is 12.5. The molecule has 2 N–H and O–H groups in total. The number of benzene rings is 3. The minimum atomic E-state index is -1.29. The Kier molecular flexibility index (Phi) is 7.57. The summed E-state index contributed by atoms with van der Waals surface area (Å²) in [5.41, 5.74) is 1.86. The summed E-state index contributed by atoms with van der Waals surface area (Å²) in [6, 6.07) is 19.2. The fraction of sp³-hybridized carbons (Fsp3) is 0.115. The highest BCUT2D eigenvalue weighted by Gasteiger charge is 2.29. The van der Waals surface area contributed by atoms with Gasteiger partial charge >= 0.3 is 5.97 Å². The lowest BCUT2D eigenvalue weighted by Crippen LogP contribution is -2.27. The van der Waals surface area contributed by atoms with E-state index in [1.165, 1.54) is 23.7 Å². The summed E-state index contributed by atoms with van der Waals surface area (Å²) in [7, 11) is 0. The van der Waals surface area contributed by atoms with E-state index in [4.69, 9.17) is 27.9 Å². The van der Waals surface area contributed by atoms with Crippen molar-refractivity contribution >= 4 is 35.1 Å². The van der Waals surface area contributed by atoms with E-state index in [9.17, 15) is 19.1 Å². The van der Waals surface area contributed by atoms with Crippen LogP contribution in [0.15, 0.2) is 72.8 Å². The Morgan fingerprint density at radius 3 is 2.36 bits per heavy atom. The van der Waals surface area contributed by atoms with Crippen molar-refractivity contribution in [3.05, 3.63) is 99.9 Å². The second-order valence-electron chi connectivity index (χ2n) is 7.80. The van der Waals surface area contributed by atoms with Crippen molar-refractivity contribution in [1.82, 2.24) is 15.1 Å². The average molecular weight is 528 g/mol. The number of carbonyl (C=O) groups excluding carboxylic acids is 1. The fourth-order valence-electron chi connectivity index (χ4n) is 3.42. The standard InChI is InChI=1S/C26H20Cl2FN3O4/c1-15(26(34)35)36-24-22(25(33)30-14-16-6-12-19(29)13-7-16)31-32(21-5-3-2-4-20(21)28)23(24)17-8-10-18(27)11-9-17/h2-13,15H,14H2,1H3,(H,30,33)(H,34,35). The lowest BCUT2D eigenvalue weighted by Gasteiger charge is -2.14. The SMILES string of the molecule is CC(Oc1c(C(=O)NCc2ccc(F)cc2)nn(-c2ccccc2Cl)c1-c1ccc(Cl)cc1)C(=O)O. The summed E-state index contributed by atoms with van der Waals surface area (Å²) in [6.07, 6.45) is -1.29. The molecule has 184 valence electrons. The number of carbonyl (C=O) groups is 2. The molecule has 3 aromatic carbocycles. The van der Waals surface area contributed by atoms with E-state index >= 15 is 0 Å². The number of hydrogen-bond acceptors (Lipinski definition) is 4. The molecular weight excluding hydrogens is 508 g/mol. The molecule has 0 saturated heterocycles. The third-order valence-electron chi connectivity index (χ3n) is 5.26. The zero-order chi connectivity index (χ0) is 25.8. The Morgan fingerprint density at radius 1 is 1.06 bits per heavy atom. The van der Waals surface area contributed by atoms with E-state index in [-0.39, 0.29) is 18.0 Å². The predicted molar refractivity (Wildman–Crippen MR) is 134 cm³/mol. The van der Waals surface area contributed by atoms with E-state index in [0.29, 0.717) is 32.6 Å². The Balaban J connectivity index is 1.85. The monoisotopic (exact) mass is 527 g/mol. The van der Waals surface area contributed by atoms with Crippen LogP contribution in [-0.4, -0.2) is 32.9 Å². The van der Waals surface area contributed by atoms with Crippen LogP contribution < -0.4 is 10.1 Å². The molecule has 0 aliphatic carbocycles. The van der Waals surface area contributed by atoms with Crippen LogP contribution in [0.25, 0.3) is 16.9 Å². The second-order valence-corrected chi connectivity index (χ2v) is 8.65. The van der Waals surface area contributed by atoms with Gasteiger partial charge in [0.05, 0.1) is 10.7 Å². The first-order chi connectivity index (χ1) is 17.2. The van der Waals surface area contributed by atoms with Crippen molar-refractivity contribution in [2.24, 2.45) is 0 Å². The average Bonchev–Trinajstić information content (AvgIpc) is 3.23. The Bertz CT molecular complexity index is 1410. The molecule has 0 spiro atoms. The first kappa shape index (κ1) is 25.2. The number of aliphatic carboxylic acids is 1. The van der Waals surface area contributed by atoms with Gasteiger partial charge in [-0.25, -0.2) is 13.9 Å². The van der Waals surface area contributed by atoms with Gasteiger partial charge in [0.15, 0.2) is 17.5 Å². The van der Waals surface area contributed by atoms with Crippen molar-refractivity contribution < 1.29 is 23.8 Å². The molecule has 0 saturated carbocycles. The van der Waals surface area contributed by atoms with Gasteiger partial charge in [0.1, 0.15) is 11.5 Å². The number of para-hydroxylation sites is 1. The van der Waals surface area contributed by atoms with Gasteiger partial charge in [-0.3, -0.25) is 4.79 Å². The number of carboxylic acids is 1. The summed E-state index contributed by atoms with van der Waals surface area (Å²) in [5.74, 6) is -2.27. The lowest BCUT2D eigenvalue weighted by molar-refractivity contribution is -0.144. The summed E-state index contributed by atoms with van der Waals surface area (Å²) in [5, 5.41) is 17.5. The molecule has 1 unspecified atom stereocenters. The number of ether oxygens (including phenoxy) is 1. The van der Waals surface area contributed by atoms with Crippen LogP contribution in [0, 0.1) is 5.82 Å². The third-order valence-corrected chi connectivity index (χ3v) is 5.84. The summed E-state index contributed by atoms with van der Waals surface area (Å²) in [6.45, 7) is 1.43. The molecule has 7 nitrogen and oxygen atoms in total. The normalized spacial score (nSPS) is 11.7. The first-order valence-electron chi connectivity index (χ1n) is 10.8. The minimum absolute atomic E-state index is 0.0382. The number of carboxylic acid groups (broad SMARTS) is 1. The van der Waals surface area contributed by atoms with Crippen LogP contribution >= 0.6 is 23.2 Å². The van der Waals surface area contributed by atoms with Crippen LogP contribution in [0.2, 0.25) is 10.0 Å². The van der Waals surface area contributed by atoms with Crippen LogP contribution in [0.5, 0.6) is 5.75 Å². The number of aromatic nitrogens is 2. The number of hydrogen-bond donors (Lipinski definition) is 2. The molecule has 4 aromatic rings. The van der Waals surface area contributed by atoms with Gasteiger partial charge in [-0.2, -0.15) is 5.10 Å². The Morgan fingerprint density at radius 2 is 1.72 bits per heavy atom. The van der Waals surface area contributed by atoms with E-state index in [1.54, 1.807) is 60.7 Å². The topological polar surface area (TPSA) is 93.5 Å². The first-order valence-corrected chi connectivity index (χ1v) is 11.6. The van der Waals surface area contributed by atoms with Gasteiger partial charge < -0.3 is 15.2 Å². The zero-order valence-corrected chi connectivity index (χ0v) is 20.4. The van der Waals surface area contributed by atoms with Gasteiger partial charge in [0.2, 0.25) is 0 Å². The highest BCUT2D eigenvalue weighted by atomic mass is 35.5.